The second kappa shape index (κ2) is 8.45. The monoisotopic (exact) mass is 455 g/mol. The molecule has 1 aromatic carbocycles. The number of rotatable bonds is 5. The summed E-state index contributed by atoms with van der Waals surface area (Å²) in [6.07, 6.45) is 2.52. The molecule has 0 aliphatic carbocycles. The molecule has 3 aromatic rings. The number of nitrogens with zero attached hydrogens (tertiary/aromatic N) is 4. The highest BCUT2D eigenvalue weighted by Gasteiger charge is 2.19. The van der Waals surface area contributed by atoms with Gasteiger partial charge in [-0.15, -0.1) is 10.2 Å². The van der Waals surface area contributed by atoms with Crippen LogP contribution in [0, 0.1) is 39.0 Å². The third-order valence-electron chi connectivity index (χ3n) is 4.74. The van der Waals surface area contributed by atoms with Crippen molar-refractivity contribution >= 4 is 38.3 Å². The smallest absolute Gasteiger partial charge is 0.268 e. The summed E-state index contributed by atoms with van der Waals surface area (Å²) in [4.78, 5) is 12.6. The summed E-state index contributed by atoms with van der Waals surface area (Å²) in [5.41, 5.74) is 5.79. The van der Waals surface area contributed by atoms with Crippen molar-refractivity contribution in [2.24, 2.45) is 0 Å². The number of nitrogens with one attached hydrogen (secondary N) is 1. The number of amides is 1. The Morgan fingerprint density at radius 3 is 2.39 bits per heavy atom. The molecule has 31 heavy (non-hydrogen) atoms. The fraction of sp³-hybridized carbons (Fsp3) is 0.238. The van der Waals surface area contributed by atoms with Crippen molar-refractivity contribution in [1.82, 2.24) is 14.8 Å². The van der Waals surface area contributed by atoms with Gasteiger partial charge in [-0.1, -0.05) is 29.5 Å². The number of hydrogen-bond donors (Lipinski definition) is 1. The first-order chi connectivity index (χ1) is 14.5. The van der Waals surface area contributed by atoms with Crippen LogP contribution in [0.3, 0.4) is 0 Å². The van der Waals surface area contributed by atoms with Crippen LogP contribution in [-0.4, -0.2) is 35.3 Å². The van der Waals surface area contributed by atoms with E-state index in [4.69, 9.17) is 0 Å². The highest BCUT2D eigenvalue weighted by molar-refractivity contribution is 7.92. The van der Waals surface area contributed by atoms with Gasteiger partial charge in [-0.05, 0) is 56.5 Å². The Morgan fingerprint density at radius 2 is 1.84 bits per heavy atom. The number of sulfone groups is 1. The molecule has 8 nitrogen and oxygen atoms in total. The lowest BCUT2D eigenvalue weighted by Crippen LogP contribution is -2.13. The van der Waals surface area contributed by atoms with Crippen molar-refractivity contribution in [3.05, 3.63) is 57.9 Å². The summed E-state index contributed by atoms with van der Waals surface area (Å²) in [6, 6.07) is 9.90. The number of nitriles is 1. The van der Waals surface area contributed by atoms with Crippen molar-refractivity contribution in [3.8, 4) is 11.8 Å². The summed E-state index contributed by atoms with van der Waals surface area (Å²) in [5.74, 6) is -0.685. The van der Waals surface area contributed by atoms with Crippen molar-refractivity contribution < 1.29 is 13.2 Å². The highest BCUT2D eigenvalue weighted by atomic mass is 32.2. The minimum Gasteiger partial charge on any atom is -0.317 e. The molecule has 0 aliphatic heterocycles. The summed E-state index contributed by atoms with van der Waals surface area (Å²) in [7, 11) is -3.52. The molecule has 0 saturated carbocycles. The van der Waals surface area contributed by atoms with Crippen molar-refractivity contribution in [2.75, 3.05) is 11.6 Å². The standard InChI is InChI=1S/C21H21N5O3S2/c1-12-7-6-8-13(2)18(12)26-14(3)9-16(15(26)4)10-17(11-22)19(27)23-20-24-25-21(30-20)31(5,28)29/h6-10H,1-5H3,(H,23,24,27). The summed E-state index contributed by atoms with van der Waals surface area (Å²) in [6.45, 7) is 7.98. The van der Waals surface area contributed by atoms with Gasteiger partial charge >= 0.3 is 0 Å². The SMILES string of the molecule is Cc1cccc(C)c1-n1c(C)cc(C=C(C#N)C(=O)Nc2nnc(S(C)(=O)=O)s2)c1C. The van der Waals surface area contributed by atoms with E-state index in [0.717, 1.165) is 51.4 Å². The maximum absolute atomic E-state index is 12.6. The van der Waals surface area contributed by atoms with Gasteiger partial charge in [-0.3, -0.25) is 10.1 Å². The summed E-state index contributed by atoms with van der Waals surface area (Å²) in [5, 5.41) is 19.2. The number of para-hydroxylation sites is 1. The third kappa shape index (κ3) is 4.57. The molecule has 0 bridgehead atoms. The molecule has 3 rings (SSSR count). The minimum atomic E-state index is -3.52. The predicted molar refractivity (Wildman–Crippen MR) is 120 cm³/mol. The summed E-state index contributed by atoms with van der Waals surface area (Å²) >= 11 is 0.730. The number of carbonyl (C=O) groups is 1. The van der Waals surface area contributed by atoms with E-state index < -0.39 is 15.7 Å². The number of carbonyl (C=O) groups excluding carboxylic acids is 1. The number of hydrogen-bond acceptors (Lipinski definition) is 7. The molecule has 0 aliphatic rings. The minimum absolute atomic E-state index is 0.00702. The van der Waals surface area contributed by atoms with E-state index >= 15 is 0 Å². The predicted octanol–water partition coefficient (Wildman–Crippen LogP) is 3.51. The number of aromatic nitrogens is 3. The first kappa shape index (κ1) is 22.4. The highest BCUT2D eigenvalue weighted by Crippen LogP contribution is 2.27. The lowest BCUT2D eigenvalue weighted by atomic mass is 10.1. The van der Waals surface area contributed by atoms with E-state index in [9.17, 15) is 18.5 Å². The van der Waals surface area contributed by atoms with E-state index in [0.29, 0.717) is 0 Å². The van der Waals surface area contributed by atoms with Crippen LogP contribution in [-0.2, 0) is 14.6 Å². The second-order valence-electron chi connectivity index (χ2n) is 7.17. The molecular weight excluding hydrogens is 434 g/mol. The van der Waals surface area contributed by atoms with E-state index in [1.165, 1.54) is 6.08 Å². The van der Waals surface area contributed by atoms with Gasteiger partial charge < -0.3 is 4.57 Å². The molecule has 10 heteroatoms. The zero-order chi connectivity index (χ0) is 22.9. The van der Waals surface area contributed by atoms with Crippen LogP contribution >= 0.6 is 11.3 Å². The van der Waals surface area contributed by atoms with Gasteiger partial charge in [-0.2, -0.15) is 5.26 Å². The number of aryl methyl sites for hydroxylation is 3. The van der Waals surface area contributed by atoms with Crippen LogP contribution in [0.1, 0.15) is 28.1 Å². The van der Waals surface area contributed by atoms with Crippen LogP contribution in [0.4, 0.5) is 5.13 Å². The fourth-order valence-corrected chi connectivity index (χ4v) is 4.82. The lowest BCUT2D eigenvalue weighted by molar-refractivity contribution is -0.112. The van der Waals surface area contributed by atoms with Gasteiger partial charge in [0, 0.05) is 17.6 Å². The number of anilines is 1. The molecule has 1 N–H and O–H groups in total. The average Bonchev–Trinajstić information content (AvgIpc) is 3.25. The lowest BCUT2D eigenvalue weighted by Gasteiger charge is -2.15. The van der Waals surface area contributed by atoms with Crippen LogP contribution < -0.4 is 5.32 Å². The van der Waals surface area contributed by atoms with Crippen molar-refractivity contribution in [1.29, 1.82) is 5.26 Å². The Kier molecular flexibility index (Phi) is 6.10. The van der Waals surface area contributed by atoms with Gasteiger partial charge in [0.05, 0.1) is 5.69 Å². The Labute approximate surface area is 184 Å². The van der Waals surface area contributed by atoms with Crippen LogP contribution in [0.2, 0.25) is 0 Å². The molecule has 0 unspecified atom stereocenters. The second-order valence-corrected chi connectivity index (χ2v) is 10.3. The normalized spacial score (nSPS) is 11.9. The fourth-order valence-electron chi connectivity index (χ4n) is 3.31. The molecule has 160 valence electrons. The van der Waals surface area contributed by atoms with Crippen LogP contribution in [0.15, 0.2) is 34.2 Å². The van der Waals surface area contributed by atoms with E-state index in [2.05, 4.69) is 20.1 Å². The third-order valence-corrected chi connectivity index (χ3v) is 7.25. The Hall–Kier alpha value is -3.29. The zero-order valence-electron chi connectivity index (χ0n) is 17.7. The molecule has 0 spiro atoms. The topological polar surface area (TPSA) is 118 Å². The molecule has 0 saturated heterocycles. The van der Waals surface area contributed by atoms with Gasteiger partial charge in [0.25, 0.3) is 5.91 Å². The van der Waals surface area contributed by atoms with E-state index in [-0.39, 0.29) is 15.0 Å². The van der Waals surface area contributed by atoms with Gasteiger partial charge in [0.15, 0.2) is 0 Å². The number of benzene rings is 1. The maximum atomic E-state index is 12.6. The average molecular weight is 456 g/mol. The maximum Gasteiger partial charge on any atom is 0.268 e. The largest absolute Gasteiger partial charge is 0.317 e. The summed E-state index contributed by atoms with van der Waals surface area (Å²) < 4.78 is 25.0. The molecule has 0 atom stereocenters. The Morgan fingerprint density at radius 1 is 1.19 bits per heavy atom. The first-order valence-corrected chi connectivity index (χ1v) is 12.0. The molecule has 0 radical (unpaired) electrons. The zero-order valence-corrected chi connectivity index (χ0v) is 19.3. The van der Waals surface area contributed by atoms with Gasteiger partial charge in [0.2, 0.25) is 19.3 Å². The quantitative estimate of drug-likeness (QED) is 0.357. The Bertz CT molecular complexity index is 1340. The molecule has 2 heterocycles. The van der Waals surface area contributed by atoms with E-state index in [1.54, 1.807) is 0 Å². The molecule has 1 amide bonds. The molecule has 2 aromatic heterocycles. The van der Waals surface area contributed by atoms with E-state index in [1.807, 2.05) is 58.0 Å². The Balaban J connectivity index is 1.96. The van der Waals surface area contributed by atoms with Crippen LogP contribution in [0.25, 0.3) is 11.8 Å². The van der Waals surface area contributed by atoms with Gasteiger partial charge in [-0.25, -0.2) is 8.42 Å². The van der Waals surface area contributed by atoms with Gasteiger partial charge in [0.1, 0.15) is 11.6 Å². The van der Waals surface area contributed by atoms with Crippen molar-refractivity contribution in [3.63, 3.8) is 0 Å². The molecule has 0 fully saturated rings. The first-order valence-electron chi connectivity index (χ1n) is 9.25. The van der Waals surface area contributed by atoms with Crippen LogP contribution in [0.5, 0.6) is 0 Å². The molecular formula is C21H21N5O3S2. The van der Waals surface area contributed by atoms with Crippen molar-refractivity contribution in [2.45, 2.75) is 32.0 Å².